The first-order chi connectivity index (χ1) is 13.8. The highest BCUT2D eigenvalue weighted by atomic mass is 16.7. The summed E-state index contributed by atoms with van der Waals surface area (Å²) >= 11 is 0. The first-order valence-corrected chi connectivity index (χ1v) is 8.50. The summed E-state index contributed by atoms with van der Waals surface area (Å²) in [6.07, 6.45) is -2.16. The predicted molar refractivity (Wildman–Crippen MR) is 100 cm³/mol. The largest absolute Gasteiger partial charge is 0.481 e. The lowest BCUT2D eigenvalue weighted by molar-refractivity contribution is -0.180. The SMILES string of the molecule is O=C(O)CC(=O)OC(C=C(c1ccccc1)c1ccccc1)OC(=O)CC(=O)O. The molecule has 0 aliphatic heterocycles. The van der Waals surface area contributed by atoms with E-state index in [1.807, 2.05) is 12.1 Å². The molecule has 0 radical (unpaired) electrons. The zero-order valence-corrected chi connectivity index (χ0v) is 15.2. The molecule has 8 heteroatoms. The van der Waals surface area contributed by atoms with E-state index < -0.39 is 43.0 Å². The third kappa shape index (κ3) is 7.30. The molecule has 0 unspecified atom stereocenters. The summed E-state index contributed by atoms with van der Waals surface area (Å²) in [4.78, 5) is 45.0. The molecule has 8 nitrogen and oxygen atoms in total. The summed E-state index contributed by atoms with van der Waals surface area (Å²) in [5.41, 5.74) is 1.97. The maximum absolute atomic E-state index is 11.8. The van der Waals surface area contributed by atoms with Gasteiger partial charge >= 0.3 is 23.9 Å². The van der Waals surface area contributed by atoms with E-state index in [1.54, 1.807) is 48.5 Å². The fraction of sp³-hybridized carbons (Fsp3) is 0.143. The Bertz CT molecular complexity index is 831. The van der Waals surface area contributed by atoms with Gasteiger partial charge in [0.1, 0.15) is 12.8 Å². The van der Waals surface area contributed by atoms with Crippen molar-refractivity contribution in [3.05, 3.63) is 77.9 Å². The van der Waals surface area contributed by atoms with Crippen LogP contribution in [-0.4, -0.2) is 40.4 Å². The van der Waals surface area contributed by atoms with E-state index in [9.17, 15) is 19.2 Å². The van der Waals surface area contributed by atoms with E-state index in [1.165, 1.54) is 6.08 Å². The van der Waals surface area contributed by atoms with Crippen LogP contribution in [-0.2, 0) is 28.7 Å². The topological polar surface area (TPSA) is 127 Å². The molecule has 0 bridgehead atoms. The van der Waals surface area contributed by atoms with Crippen LogP contribution < -0.4 is 0 Å². The number of carbonyl (C=O) groups excluding carboxylic acids is 2. The molecule has 150 valence electrons. The summed E-state index contributed by atoms with van der Waals surface area (Å²) in [5.74, 6) is -5.11. The standard InChI is InChI=1S/C21H18O8/c22-17(23)12-19(26)28-21(29-20(27)13-18(24)25)11-16(14-7-3-1-4-8-14)15-9-5-2-6-10-15/h1-11,21H,12-13H2,(H,22,23)(H,24,25). The highest BCUT2D eigenvalue weighted by molar-refractivity contribution is 5.91. The molecule has 0 saturated heterocycles. The Morgan fingerprint density at radius 3 is 1.45 bits per heavy atom. The van der Waals surface area contributed by atoms with Gasteiger partial charge in [0.2, 0.25) is 0 Å². The normalized spacial score (nSPS) is 10.1. The van der Waals surface area contributed by atoms with Crippen molar-refractivity contribution in [3.8, 4) is 0 Å². The Kier molecular flexibility index (Phi) is 7.67. The van der Waals surface area contributed by atoms with Crippen molar-refractivity contribution in [2.45, 2.75) is 19.1 Å². The molecule has 0 spiro atoms. The average Bonchev–Trinajstić information content (AvgIpc) is 2.66. The number of esters is 2. The van der Waals surface area contributed by atoms with Gasteiger partial charge in [-0.2, -0.15) is 0 Å². The third-order valence-electron chi connectivity index (χ3n) is 3.56. The van der Waals surface area contributed by atoms with Crippen LogP contribution in [0.1, 0.15) is 24.0 Å². The van der Waals surface area contributed by atoms with Crippen molar-refractivity contribution in [2.24, 2.45) is 0 Å². The molecule has 0 heterocycles. The van der Waals surface area contributed by atoms with Crippen molar-refractivity contribution in [2.75, 3.05) is 0 Å². The first kappa shape index (κ1) is 21.4. The van der Waals surface area contributed by atoms with Gasteiger partial charge in [0.05, 0.1) is 0 Å². The number of benzene rings is 2. The van der Waals surface area contributed by atoms with Crippen molar-refractivity contribution >= 4 is 29.5 Å². The smallest absolute Gasteiger partial charge is 0.320 e. The van der Waals surface area contributed by atoms with Crippen LogP contribution in [0.3, 0.4) is 0 Å². The molecular weight excluding hydrogens is 380 g/mol. The molecule has 2 aromatic carbocycles. The van der Waals surface area contributed by atoms with Crippen LogP contribution in [0.2, 0.25) is 0 Å². The van der Waals surface area contributed by atoms with Crippen molar-refractivity contribution in [1.82, 2.24) is 0 Å². The van der Waals surface area contributed by atoms with Gasteiger partial charge in [-0.05, 0) is 16.7 Å². The van der Waals surface area contributed by atoms with E-state index in [0.29, 0.717) is 16.7 Å². The quantitative estimate of drug-likeness (QED) is 0.375. The lowest BCUT2D eigenvalue weighted by Crippen LogP contribution is -2.25. The molecular formula is C21H18O8. The Morgan fingerprint density at radius 2 is 1.10 bits per heavy atom. The van der Waals surface area contributed by atoms with E-state index in [2.05, 4.69) is 0 Å². The van der Waals surface area contributed by atoms with Gasteiger partial charge in [0.25, 0.3) is 6.29 Å². The highest BCUT2D eigenvalue weighted by Crippen LogP contribution is 2.24. The maximum atomic E-state index is 11.8. The van der Waals surface area contributed by atoms with Crippen LogP contribution >= 0.6 is 0 Å². The minimum atomic E-state index is -1.61. The van der Waals surface area contributed by atoms with Gasteiger partial charge < -0.3 is 19.7 Å². The number of rotatable bonds is 9. The second-order valence-corrected chi connectivity index (χ2v) is 5.80. The third-order valence-corrected chi connectivity index (χ3v) is 3.56. The lowest BCUT2D eigenvalue weighted by atomic mass is 9.97. The zero-order chi connectivity index (χ0) is 21.2. The van der Waals surface area contributed by atoms with Crippen molar-refractivity contribution in [1.29, 1.82) is 0 Å². The fourth-order valence-corrected chi connectivity index (χ4v) is 2.41. The summed E-state index contributed by atoms with van der Waals surface area (Å²) in [7, 11) is 0. The molecule has 29 heavy (non-hydrogen) atoms. The number of ether oxygens (including phenoxy) is 2. The van der Waals surface area contributed by atoms with Crippen LogP contribution in [0, 0.1) is 0 Å². The molecule has 0 saturated carbocycles. The Labute approximate surface area is 166 Å². The van der Waals surface area contributed by atoms with Crippen LogP contribution in [0.15, 0.2) is 66.7 Å². The number of aliphatic carboxylic acids is 2. The van der Waals surface area contributed by atoms with Crippen molar-refractivity contribution < 1.29 is 38.9 Å². The second kappa shape index (κ2) is 10.4. The number of carbonyl (C=O) groups is 4. The summed E-state index contributed by atoms with van der Waals surface area (Å²) in [5, 5.41) is 17.5. The molecule has 0 fully saturated rings. The molecule has 0 amide bonds. The Balaban J connectivity index is 2.41. The van der Waals surface area contributed by atoms with E-state index in [0.717, 1.165) is 0 Å². The van der Waals surface area contributed by atoms with Gasteiger partial charge in [-0.1, -0.05) is 60.7 Å². The molecule has 2 N–H and O–H groups in total. The van der Waals surface area contributed by atoms with Gasteiger partial charge in [-0.25, -0.2) is 0 Å². The van der Waals surface area contributed by atoms with Crippen LogP contribution in [0.5, 0.6) is 0 Å². The Hall–Kier alpha value is -3.94. The molecule has 0 atom stereocenters. The fourth-order valence-electron chi connectivity index (χ4n) is 2.41. The lowest BCUT2D eigenvalue weighted by Gasteiger charge is -2.17. The maximum Gasteiger partial charge on any atom is 0.320 e. The minimum Gasteiger partial charge on any atom is -0.481 e. The van der Waals surface area contributed by atoms with E-state index in [4.69, 9.17) is 19.7 Å². The summed E-state index contributed by atoms with van der Waals surface area (Å²) in [6.45, 7) is 0. The molecule has 0 aromatic heterocycles. The molecule has 0 aliphatic rings. The average molecular weight is 398 g/mol. The number of hydrogen-bond acceptors (Lipinski definition) is 6. The number of hydrogen-bond donors (Lipinski definition) is 2. The monoisotopic (exact) mass is 398 g/mol. The molecule has 2 rings (SSSR count). The van der Waals surface area contributed by atoms with Gasteiger partial charge in [0.15, 0.2) is 0 Å². The second-order valence-electron chi connectivity index (χ2n) is 5.80. The number of carboxylic acids is 2. The van der Waals surface area contributed by atoms with E-state index >= 15 is 0 Å². The molecule has 2 aromatic rings. The van der Waals surface area contributed by atoms with Crippen molar-refractivity contribution in [3.63, 3.8) is 0 Å². The highest BCUT2D eigenvalue weighted by Gasteiger charge is 2.22. The zero-order valence-electron chi connectivity index (χ0n) is 15.2. The van der Waals surface area contributed by atoms with Gasteiger partial charge in [-0.3, -0.25) is 19.2 Å². The van der Waals surface area contributed by atoms with Gasteiger partial charge in [-0.15, -0.1) is 0 Å². The molecule has 0 aliphatic carbocycles. The van der Waals surface area contributed by atoms with Crippen LogP contribution in [0.4, 0.5) is 0 Å². The summed E-state index contributed by atoms with van der Waals surface area (Å²) < 4.78 is 9.91. The predicted octanol–water partition coefficient (Wildman–Crippen LogP) is 2.48. The first-order valence-electron chi connectivity index (χ1n) is 8.50. The van der Waals surface area contributed by atoms with E-state index in [-0.39, 0.29) is 0 Å². The number of carboxylic acid groups (broad SMARTS) is 2. The Morgan fingerprint density at radius 1 is 0.724 bits per heavy atom. The minimum absolute atomic E-state index is 0.544. The summed E-state index contributed by atoms with van der Waals surface area (Å²) in [6, 6.07) is 17.9. The van der Waals surface area contributed by atoms with Gasteiger partial charge in [0, 0.05) is 6.08 Å². The van der Waals surface area contributed by atoms with Crippen LogP contribution in [0.25, 0.3) is 5.57 Å².